The lowest BCUT2D eigenvalue weighted by Crippen LogP contribution is -2.46. The van der Waals surface area contributed by atoms with Crippen LogP contribution in [0.5, 0.6) is 0 Å². The van der Waals surface area contributed by atoms with Crippen molar-refractivity contribution in [1.82, 2.24) is 15.1 Å². The maximum Gasteiger partial charge on any atom is 0.131 e. The van der Waals surface area contributed by atoms with Gasteiger partial charge in [0, 0.05) is 25.6 Å². The van der Waals surface area contributed by atoms with Gasteiger partial charge in [-0.3, -0.25) is 10.00 Å². The summed E-state index contributed by atoms with van der Waals surface area (Å²) in [6, 6.07) is 15.0. The number of hydrogen-bond donors (Lipinski definition) is 1. The van der Waals surface area contributed by atoms with E-state index in [0.717, 1.165) is 29.6 Å². The first-order chi connectivity index (χ1) is 10.7. The van der Waals surface area contributed by atoms with Gasteiger partial charge in [0.15, 0.2) is 0 Å². The molecule has 1 aromatic heterocycles. The van der Waals surface area contributed by atoms with Crippen molar-refractivity contribution < 1.29 is 4.74 Å². The molecule has 0 bridgehead atoms. The molecule has 0 saturated heterocycles. The SMILES string of the molecule is COC1(c2ccc3cn[nH]c3c2)CN(C)Cc2ccccc21. The summed E-state index contributed by atoms with van der Waals surface area (Å²) in [4.78, 5) is 2.31. The Morgan fingerprint density at radius 3 is 2.95 bits per heavy atom. The lowest BCUT2D eigenvalue weighted by Gasteiger charge is -2.42. The van der Waals surface area contributed by atoms with Gasteiger partial charge in [-0.25, -0.2) is 0 Å². The molecule has 4 heteroatoms. The molecule has 0 radical (unpaired) electrons. The van der Waals surface area contributed by atoms with E-state index in [4.69, 9.17) is 4.74 Å². The molecule has 0 aliphatic carbocycles. The van der Waals surface area contributed by atoms with Gasteiger partial charge in [0.2, 0.25) is 0 Å². The number of fused-ring (bicyclic) bond motifs is 2. The Morgan fingerprint density at radius 1 is 1.23 bits per heavy atom. The molecule has 4 rings (SSSR count). The number of rotatable bonds is 2. The fraction of sp³-hybridized carbons (Fsp3) is 0.278. The smallest absolute Gasteiger partial charge is 0.131 e. The minimum atomic E-state index is -0.442. The van der Waals surface area contributed by atoms with Crippen LogP contribution in [0.15, 0.2) is 48.7 Å². The average molecular weight is 293 g/mol. The molecule has 1 aliphatic rings. The van der Waals surface area contributed by atoms with E-state index >= 15 is 0 Å². The first-order valence-electron chi connectivity index (χ1n) is 7.49. The maximum absolute atomic E-state index is 6.11. The average Bonchev–Trinajstić information content (AvgIpc) is 3.01. The molecular formula is C18H19N3O. The fourth-order valence-electron chi connectivity index (χ4n) is 3.59. The summed E-state index contributed by atoms with van der Waals surface area (Å²) < 4.78 is 6.11. The second kappa shape index (κ2) is 4.93. The summed E-state index contributed by atoms with van der Waals surface area (Å²) in [5.74, 6) is 0. The van der Waals surface area contributed by atoms with E-state index in [1.165, 1.54) is 11.1 Å². The summed E-state index contributed by atoms with van der Waals surface area (Å²) in [6.45, 7) is 1.79. The predicted octanol–water partition coefficient (Wildman–Crippen LogP) is 2.90. The molecule has 1 unspecified atom stereocenters. The first kappa shape index (κ1) is 13.5. The highest BCUT2D eigenvalue weighted by Gasteiger charge is 2.40. The van der Waals surface area contributed by atoms with Crippen LogP contribution in [0.25, 0.3) is 10.9 Å². The number of methoxy groups -OCH3 is 1. The van der Waals surface area contributed by atoms with Crippen LogP contribution >= 0.6 is 0 Å². The van der Waals surface area contributed by atoms with Crippen molar-refractivity contribution in [3.05, 3.63) is 65.4 Å². The van der Waals surface area contributed by atoms with Crippen LogP contribution in [-0.4, -0.2) is 35.8 Å². The number of likely N-dealkylation sites (N-methyl/N-ethyl adjacent to an activating group) is 1. The predicted molar refractivity (Wildman–Crippen MR) is 86.7 cm³/mol. The Kier molecular flexibility index (Phi) is 3.03. The number of nitrogens with zero attached hydrogens (tertiary/aromatic N) is 2. The number of benzene rings is 2. The molecule has 0 amide bonds. The molecule has 4 nitrogen and oxygen atoms in total. The van der Waals surface area contributed by atoms with Crippen molar-refractivity contribution >= 4 is 10.9 Å². The number of aromatic nitrogens is 2. The topological polar surface area (TPSA) is 41.1 Å². The summed E-state index contributed by atoms with van der Waals surface area (Å²) in [6.07, 6.45) is 1.85. The molecule has 112 valence electrons. The van der Waals surface area contributed by atoms with Gasteiger partial charge in [-0.15, -0.1) is 0 Å². The van der Waals surface area contributed by atoms with Crippen LogP contribution in [0.3, 0.4) is 0 Å². The number of nitrogens with one attached hydrogen (secondary N) is 1. The zero-order valence-corrected chi connectivity index (χ0v) is 12.8. The highest BCUT2D eigenvalue weighted by atomic mass is 16.5. The van der Waals surface area contributed by atoms with Gasteiger partial charge in [-0.2, -0.15) is 5.10 Å². The van der Waals surface area contributed by atoms with Gasteiger partial charge in [0.05, 0.1) is 11.7 Å². The number of ether oxygens (including phenoxy) is 1. The Bertz CT molecular complexity index is 826. The van der Waals surface area contributed by atoms with E-state index in [-0.39, 0.29) is 0 Å². The Balaban J connectivity index is 1.95. The van der Waals surface area contributed by atoms with Crippen LogP contribution in [-0.2, 0) is 16.9 Å². The minimum Gasteiger partial charge on any atom is -0.367 e. The lowest BCUT2D eigenvalue weighted by atomic mass is 9.80. The van der Waals surface area contributed by atoms with E-state index in [0.29, 0.717) is 0 Å². The van der Waals surface area contributed by atoms with Gasteiger partial charge in [-0.05, 0) is 29.8 Å². The Morgan fingerprint density at radius 2 is 2.09 bits per heavy atom. The second-order valence-electron chi connectivity index (χ2n) is 6.03. The molecule has 1 aliphatic heterocycles. The van der Waals surface area contributed by atoms with E-state index in [1.54, 1.807) is 7.11 Å². The third-order valence-electron chi connectivity index (χ3n) is 4.64. The normalized spacial score (nSPS) is 21.9. The Hall–Kier alpha value is -2.17. The largest absolute Gasteiger partial charge is 0.367 e. The summed E-state index contributed by atoms with van der Waals surface area (Å²) in [5.41, 5.74) is 4.34. The van der Waals surface area contributed by atoms with E-state index < -0.39 is 5.60 Å². The van der Waals surface area contributed by atoms with Crippen molar-refractivity contribution in [2.45, 2.75) is 12.1 Å². The van der Waals surface area contributed by atoms with Gasteiger partial charge in [-0.1, -0.05) is 36.4 Å². The van der Waals surface area contributed by atoms with Crippen molar-refractivity contribution in [2.75, 3.05) is 20.7 Å². The molecule has 2 heterocycles. The summed E-state index contributed by atoms with van der Waals surface area (Å²) >= 11 is 0. The van der Waals surface area contributed by atoms with Gasteiger partial charge in [0.1, 0.15) is 5.60 Å². The summed E-state index contributed by atoms with van der Waals surface area (Å²) in [7, 11) is 3.94. The van der Waals surface area contributed by atoms with Gasteiger partial charge in [0.25, 0.3) is 0 Å². The molecule has 22 heavy (non-hydrogen) atoms. The van der Waals surface area contributed by atoms with Crippen LogP contribution in [0.2, 0.25) is 0 Å². The van der Waals surface area contributed by atoms with Crippen molar-refractivity contribution in [3.63, 3.8) is 0 Å². The third kappa shape index (κ3) is 1.88. The molecule has 0 spiro atoms. The van der Waals surface area contributed by atoms with E-state index in [9.17, 15) is 0 Å². The van der Waals surface area contributed by atoms with Crippen molar-refractivity contribution in [1.29, 1.82) is 0 Å². The molecule has 1 atom stereocenters. The zero-order valence-electron chi connectivity index (χ0n) is 12.8. The number of H-pyrrole nitrogens is 1. The summed E-state index contributed by atoms with van der Waals surface area (Å²) in [5, 5.41) is 8.29. The highest BCUT2D eigenvalue weighted by molar-refractivity contribution is 5.79. The maximum atomic E-state index is 6.11. The number of hydrogen-bond acceptors (Lipinski definition) is 3. The first-order valence-corrected chi connectivity index (χ1v) is 7.49. The van der Waals surface area contributed by atoms with Crippen LogP contribution < -0.4 is 0 Å². The molecular weight excluding hydrogens is 274 g/mol. The second-order valence-corrected chi connectivity index (χ2v) is 6.03. The molecule has 0 fully saturated rings. The minimum absolute atomic E-state index is 0.442. The zero-order chi connectivity index (χ0) is 15.2. The lowest BCUT2D eigenvalue weighted by molar-refractivity contribution is -0.0153. The molecule has 2 aromatic carbocycles. The molecule has 3 aromatic rings. The van der Waals surface area contributed by atoms with Gasteiger partial charge < -0.3 is 4.74 Å². The number of aromatic amines is 1. The standard InChI is InChI=1S/C18H19N3O/c1-21-11-14-5-3-4-6-16(14)18(12-21,22-2)15-8-7-13-10-19-20-17(13)9-15/h3-10H,11-12H2,1-2H3,(H,19,20). The molecule has 0 saturated carbocycles. The van der Waals surface area contributed by atoms with Crippen LogP contribution in [0.1, 0.15) is 16.7 Å². The quantitative estimate of drug-likeness (QED) is 0.790. The van der Waals surface area contributed by atoms with Crippen molar-refractivity contribution in [3.8, 4) is 0 Å². The van der Waals surface area contributed by atoms with Gasteiger partial charge >= 0.3 is 0 Å². The van der Waals surface area contributed by atoms with Crippen LogP contribution in [0, 0.1) is 0 Å². The van der Waals surface area contributed by atoms with Crippen molar-refractivity contribution in [2.24, 2.45) is 0 Å². The Labute approximate surface area is 129 Å². The monoisotopic (exact) mass is 293 g/mol. The third-order valence-corrected chi connectivity index (χ3v) is 4.64. The molecule has 1 N–H and O–H groups in total. The van der Waals surface area contributed by atoms with E-state index in [2.05, 4.69) is 64.6 Å². The highest BCUT2D eigenvalue weighted by Crippen LogP contribution is 2.40. The van der Waals surface area contributed by atoms with E-state index in [1.807, 2.05) is 6.20 Å². The fourth-order valence-corrected chi connectivity index (χ4v) is 3.59. The van der Waals surface area contributed by atoms with Crippen LogP contribution in [0.4, 0.5) is 0 Å².